The second-order valence-electron chi connectivity index (χ2n) is 5.70. The quantitative estimate of drug-likeness (QED) is 0.855. The Morgan fingerprint density at radius 1 is 1.12 bits per heavy atom. The van der Waals surface area contributed by atoms with Crippen LogP contribution in [0.2, 0.25) is 5.02 Å². The van der Waals surface area contributed by atoms with Crippen LogP contribution in [0, 0.1) is 0 Å². The molecular weight excluding hydrogens is 340 g/mol. The van der Waals surface area contributed by atoms with Crippen LogP contribution in [-0.2, 0) is 11.2 Å². The SMILES string of the molecule is CCOc1ccc(CC(=O)Nc2cc(C(=O)N(C)C)ccc2Cl)cc1. The Hall–Kier alpha value is -2.53. The Morgan fingerprint density at radius 3 is 2.40 bits per heavy atom. The van der Waals surface area contributed by atoms with Crippen molar-refractivity contribution < 1.29 is 14.3 Å². The minimum absolute atomic E-state index is 0.154. The number of benzene rings is 2. The van der Waals surface area contributed by atoms with Crippen molar-refractivity contribution in [3.05, 3.63) is 58.6 Å². The topological polar surface area (TPSA) is 58.6 Å². The first-order chi connectivity index (χ1) is 11.9. The third kappa shape index (κ3) is 5.22. The fourth-order valence-corrected chi connectivity index (χ4v) is 2.43. The first-order valence-corrected chi connectivity index (χ1v) is 8.31. The van der Waals surface area contributed by atoms with Crippen molar-refractivity contribution in [2.75, 3.05) is 26.0 Å². The van der Waals surface area contributed by atoms with Crippen molar-refractivity contribution in [1.82, 2.24) is 4.90 Å². The maximum absolute atomic E-state index is 12.3. The Morgan fingerprint density at radius 2 is 1.80 bits per heavy atom. The van der Waals surface area contributed by atoms with E-state index in [0.29, 0.717) is 22.9 Å². The minimum Gasteiger partial charge on any atom is -0.494 e. The van der Waals surface area contributed by atoms with Crippen LogP contribution in [0.4, 0.5) is 5.69 Å². The molecule has 0 spiro atoms. The molecule has 0 saturated heterocycles. The number of halogens is 1. The molecule has 0 aromatic heterocycles. The van der Waals surface area contributed by atoms with E-state index in [-0.39, 0.29) is 18.2 Å². The van der Waals surface area contributed by atoms with Crippen molar-refractivity contribution in [2.24, 2.45) is 0 Å². The molecule has 2 aromatic carbocycles. The lowest BCUT2D eigenvalue weighted by Gasteiger charge is -2.13. The predicted molar refractivity (Wildman–Crippen MR) is 99.4 cm³/mol. The minimum atomic E-state index is -0.208. The van der Waals surface area contributed by atoms with E-state index in [1.807, 2.05) is 31.2 Å². The third-order valence-corrected chi connectivity index (χ3v) is 3.82. The highest BCUT2D eigenvalue weighted by Gasteiger charge is 2.13. The average Bonchev–Trinajstić information content (AvgIpc) is 2.58. The lowest BCUT2D eigenvalue weighted by molar-refractivity contribution is -0.115. The van der Waals surface area contributed by atoms with Crippen LogP contribution in [-0.4, -0.2) is 37.4 Å². The zero-order chi connectivity index (χ0) is 18.4. The van der Waals surface area contributed by atoms with E-state index in [4.69, 9.17) is 16.3 Å². The van der Waals surface area contributed by atoms with Crippen LogP contribution in [0.5, 0.6) is 5.75 Å². The first-order valence-electron chi connectivity index (χ1n) is 7.93. The van der Waals surface area contributed by atoms with Gasteiger partial charge in [0, 0.05) is 19.7 Å². The molecule has 2 amide bonds. The van der Waals surface area contributed by atoms with Crippen LogP contribution in [0.25, 0.3) is 0 Å². The van der Waals surface area contributed by atoms with Crippen molar-refractivity contribution in [3.8, 4) is 5.75 Å². The molecule has 0 fully saturated rings. The van der Waals surface area contributed by atoms with Gasteiger partial charge in [0.1, 0.15) is 5.75 Å². The smallest absolute Gasteiger partial charge is 0.253 e. The maximum Gasteiger partial charge on any atom is 0.253 e. The summed E-state index contributed by atoms with van der Waals surface area (Å²) in [5.74, 6) is 0.406. The number of amides is 2. The fourth-order valence-electron chi connectivity index (χ4n) is 2.26. The number of hydrogen-bond donors (Lipinski definition) is 1. The number of carbonyl (C=O) groups is 2. The number of nitrogens with zero attached hydrogens (tertiary/aromatic N) is 1. The fraction of sp³-hybridized carbons (Fsp3) is 0.263. The highest BCUT2D eigenvalue weighted by atomic mass is 35.5. The van der Waals surface area contributed by atoms with Gasteiger partial charge in [-0.05, 0) is 42.8 Å². The molecule has 5 nitrogen and oxygen atoms in total. The number of hydrogen-bond acceptors (Lipinski definition) is 3. The van der Waals surface area contributed by atoms with Crippen LogP contribution >= 0.6 is 11.6 Å². The van der Waals surface area contributed by atoms with Gasteiger partial charge in [-0.2, -0.15) is 0 Å². The van der Waals surface area contributed by atoms with Gasteiger partial charge in [-0.25, -0.2) is 0 Å². The van der Waals surface area contributed by atoms with Gasteiger partial charge in [-0.15, -0.1) is 0 Å². The summed E-state index contributed by atoms with van der Waals surface area (Å²) in [5, 5.41) is 3.14. The van der Waals surface area contributed by atoms with Crippen molar-refractivity contribution in [1.29, 1.82) is 0 Å². The summed E-state index contributed by atoms with van der Waals surface area (Å²) >= 11 is 6.13. The number of anilines is 1. The molecular formula is C19H21ClN2O3. The number of ether oxygens (including phenoxy) is 1. The molecule has 0 aliphatic rings. The van der Waals surface area contributed by atoms with Crippen LogP contribution in [0.15, 0.2) is 42.5 Å². The molecule has 0 unspecified atom stereocenters. The van der Waals surface area contributed by atoms with E-state index in [1.54, 1.807) is 32.3 Å². The number of nitrogens with one attached hydrogen (secondary N) is 1. The van der Waals surface area contributed by atoms with Crippen LogP contribution < -0.4 is 10.1 Å². The van der Waals surface area contributed by atoms with Crippen molar-refractivity contribution >= 4 is 29.1 Å². The lowest BCUT2D eigenvalue weighted by Crippen LogP contribution is -2.22. The zero-order valence-electron chi connectivity index (χ0n) is 14.5. The molecule has 132 valence electrons. The molecule has 1 N–H and O–H groups in total. The first kappa shape index (κ1) is 18.8. The van der Waals surface area contributed by atoms with Crippen molar-refractivity contribution in [3.63, 3.8) is 0 Å². The molecule has 6 heteroatoms. The Bertz CT molecular complexity index is 758. The molecule has 0 bridgehead atoms. The van der Waals surface area contributed by atoms with Gasteiger partial charge in [0.25, 0.3) is 5.91 Å². The van der Waals surface area contributed by atoms with Crippen LogP contribution in [0.1, 0.15) is 22.8 Å². The molecule has 0 saturated carbocycles. The van der Waals surface area contributed by atoms with Gasteiger partial charge in [-0.1, -0.05) is 23.7 Å². The highest BCUT2D eigenvalue weighted by Crippen LogP contribution is 2.24. The molecule has 2 aromatic rings. The summed E-state index contributed by atoms with van der Waals surface area (Å²) in [5.41, 5.74) is 1.74. The summed E-state index contributed by atoms with van der Waals surface area (Å²) in [6, 6.07) is 12.2. The van der Waals surface area contributed by atoms with E-state index < -0.39 is 0 Å². The Kier molecular flexibility index (Phi) is 6.42. The van der Waals surface area contributed by atoms with E-state index in [2.05, 4.69) is 5.32 Å². The summed E-state index contributed by atoms with van der Waals surface area (Å²) < 4.78 is 5.38. The summed E-state index contributed by atoms with van der Waals surface area (Å²) in [4.78, 5) is 25.8. The summed E-state index contributed by atoms with van der Waals surface area (Å²) in [6.07, 6.45) is 0.203. The second kappa shape index (κ2) is 8.53. The van der Waals surface area contributed by atoms with Crippen molar-refractivity contribution in [2.45, 2.75) is 13.3 Å². The lowest BCUT2D eigenvalue weighted by atomic mass is 10.1. The standard InChI is InChI=1S/C19H21ClN2O3/c1-4-25-15-8-5-13(6-9-15)11-18(23)21-17-12-14(7-10-16(17)20)19(24)22(2)3/h5-10,12H,4,11H2,1-3H3,(H,21,23). The zero-order valence-corrected chi connectivity index (χ0v) is 15.3. The molecule has 0 aliphatic heterocycles. The highest BCUT2D eigenvalue weighted by molar-refractivity contribution is 6.33. The molecule has 0 aliphatic carbocycles. The maximum atomic E-state index is 12.3. The Balaban J connectivity index is 2.07. The van der Waals surface area contributed by atoms with Gasteiger partial charge in [0.05, 0.1) is 23.7 Å². The number of rotatable bonds is 6. The van der Waals surface area contributed by atoms with Crippen LogP contribution in [0.3, 0.4) is 0 Å². The predicted octanol–water partition coefficient (Wildman–Crippen LogP) is 3.62. The number of carbonyl (C=O) groups excluding carboxylic acids is 2. The molecule has 2 rings (SSSR count). The summed E-state index contributed by atoms with van der Waals surface area (Å²) in [6.45, 7) is 2.51. The van der Waals surface area contributed by atoms with Gasteiger partial charge < -0.3 is 15.0 Å². The monoisotopic (exact) mass is 360 g/mol. The van der Waals surface area contributed by atoms with Gasteiger partial charge in [0.2, 0.25) is 5.91 Å². The van der Waals surface area contributed by atoms with Gasteiger partial charge in [0.15, 0.2) is 0 Å². The molecule has 25 heavy (non-hydrogen) atoms. The third-order valence-electron chi connectivity index (χ3n) is 3.49. The molecule has 0 atom stereocenters. The van der Waals surface area contributed by atoms with Gasteiger partial charge in [-0.3, -0.25) is 9.59 Å². The van der Waals surface area contributed by atoms with E-state index >= 15 is 0 Å². The normalized spacial score (nSPS) is 10.2. The molecule has 0 radical (unpaired) electrons. The Labute approximate surface area is 152 Å². The van der Waals surface area contributed by atoms with E-state index in [1.165, 1.54) is 4.90 Å². The van der Waals surface area contributed by atoms with Gasteiger partial charge >= 0.3 is 0 Å². The molecule has 0 heterocycles. The average molecular weight is 361 g/mol. The summed E-state index contributed by atoms with van der Waals surface area (Å²) in [7, 11) is 3.34. The van der Waals surface area contributed by atoms with E-state index in [9.17, 15) is 9.59 Å². The second-order valence-corrected chi connectivity index (χ2v) is 6.10. The van der Waals surface area contributed by atoms with E-state index in [0.717, 1.165) is 11.3 Å². The largest absolute Gasteiger partial charge is 0.494 e.